The second-order valence-electron chi connectivity index (χ2n) is 7.63. The van der Waals surface area contributed by atoms with Crippen LogP contribution in [0.2, 0.25) is 0 Å². The molecule has 0 amide bonds. The average molecular weight is 407 g/mol. The molecule has 1 aromatic heterocycles. The maximum atomic E-state index is 5.15. The number of aromatic nitrogens is 3. The SMILES string of the molecule is CCNC(=NCCc1ccc2ccccc2c1)NC1CCc2nc(COC)nn2C1. The van der Waals surface area contributed by atoms with E-state index in [0.29, 0.717) is 6.61 Å². The van der Waals surface area contributed by atoms with Gasteiger partial charge in [0.15, 0.2) is 11.8 Å². The minimum atomic E-state index is 0.285. The molecule has 3 aromatic rings. The van der Waals surface area contributed by atoms with E-state index in [1.54, 1.807) is 7.11 Å². The summed E-state index contributed by atoms with van der Waals surface area (Å²) in [6.45, 7) is 4.92. The minimum Gasteiger partial charge on any atom is -0.377 e. The van der Waals surface area contributed by atoms with Crippen molar-refractivity contribution >= 4 is 16.7 Å². The molecule has 0 radical (unpaired) electrons. The first kappa shape index (κ1) is 20.3. The number of hydrogen-bond acceptors (Lipinski definition) is 4. The van der Waals surface area contributed by atoms with Crippen LogP contribution in [-0.4, -0.2) is 47.0 Å². The van der Waals surface area contributed by atoms with Crippen molar-refractivity contribution < 1.29 is 4.74 Å². The van der Waals surface area contributed by atoms with Crippen molar-refractivity contribution in [1.29, 1.82) is 0 Å². The first-order valence-electron chi connectivity index (χ1n) is 10.7. The molecule has 1 unspecified atom stereocenters. The highest BCUT2D eigenvalue weighted by Crippen LogP contribution is 2.16. The number of nitrogens with one attached hydrogen (secondary N) is 2. The molecule has 0 spiro atoms. The number of aryl methyl sites for hydroxylation is 1. The highest BCUT2D eigenvalue weighted by atomic mass is 16.5. The molecule has 1 atom stereocenters. The number of nitrogens with zero attached hydrogens (tertiary/aromatic N) is 4. The molecule has 2 heterocycles. The van der Waals surface area contributed by atoms with Crippen LogP contribution in [0.15, 0.2) is 47.5 Å². The number of aliphatic imine (C=N–C) groups is 1. The second-order valence-corrected chi connectivity index (χ2v) is 7.63. The summed E-state index contributed by atoms with van der Waals surface area (Å²) in [6.07, 6.45) is 2.84. The maximum Gasteiger partial charge on any atom is 0.191 e. The van der Waals surface area contributed by atoms with Crippen LogP contribution in [0.3, 0.4) is 0 Å². The van der Waals surface area contributed by atoms with Gasteiger partial charge in [-0.25, -0.2) is 9.67 Å². The Morgan fingerprint density at radius 1 is 1.23 bits per heavy atom. The molecule has 1 aliphatic heterocycles. The Kier molecular flexibility index (Phi) is 6.59. The largest absolute Gasteiger partial charge is 0.377 e. The number of rotatable bonds is 7. The number of fused-ring (bicyclic) bond motifs is 2. The van der Waals surface area contributed by atoms with Gasteiger partial charge in [-0.2, -0.15) is 5.10 Å². The topological polar surface area (TPSA) is 76.4 Å². The van der Waals surface area contributed by atoms with Gasteiger partial charge in [0.25, 0.3) is 0 Å². The molecule has 0 bridgehead atoms. The number of methoxy groups -OCH3 is 1. The smallest absolute Gasteiger partial charge is 0.191 e. The van der Waals surface area contributed by atoms with Crippen LogP contribution in [0.4, 0.5) is 0 Å². The third kappa shape index (κ3) is 4.97. The fourth-order valence-corrected chi connectivity index (χ4v) is 3.87. The van der Waals surface area contributed by atoms with E-state index in [2.05, 4.69) is 70.1 Å². The molecular weight excluding hydrogens is 376 g/mol. The van der Waals surface area contributed by atoms with E-state index in [0.717, 1.165) is 56.5 Å². The Labute approximate surface area is 177 Å². The van der Waals surface area contributed by atoms with Crippen LogP contribution in [0, 0.1) is 0 Å². The highest BCUT2D eigenvalue weighted by molar-refractivity contribution is 5.83. The molecule has 7 heteroatoms. The Morgan fingerprint density at radius 3 is 2.93 bits per heavy atom. The lowest BCUT2D eigenvalue weighted by Gasteiger charge is -2.25. The first-order valence-corrected chi connectivity index (χ1v) is 10.7. The fraction of sp³-hybridized carbons (Fsp3) is 0.435. The number of benzene rings is 2. The van der Waals surface area contributed by atoms with E-state index < -0.39 is 0 Å². The minimum absolute atomic E-state index is 0.285. The van der Waals surface area contributed by atoms with Crippen LogP contribution >= 0.6 is 0 Å². The molecule has 2 N–H and O–H groups in total. The summed E-state index contributed by atoms with van der Waals surface area (Å²) < 4.78 is 7.14. The van der Waals surface area contributed by atoms with Crippen molar-refractivity contribution in [3.05, 3.63) is 59.7 Å². The lowest BCUT2D eigenvalue weighted by atomic mass is 10.1. The molecule has 1 aliphatic rings. The van der Waals surface area contributed by atoms with Gasteiger partial charge >= 0.3 is 0 Å². The lowest BCUT2D eigenvalue weighted by molar-refractivity contribution is 0.177. The summed E-state index contributed by atoms with van der Waals surface area (Å²) in [5, 5.41) is 14.1. The Bertz CT molecular complexity index is 1010. The zero-order chi connectivity index (χ0) is 20.8. The Morgan fingerprint density at radius 2 is 2.10 bits per heavy atom. The summed E-state index contributed by atoms with van der Waals surface area (Å²) >= 11 is 0. The van der Waals surface area contributed by atoms with Gasteiger partial charge in [-0.1, -0.05) is 42.5 Å². The van der Waals surface area contributed by atoms with Gasteiger partial charge in [0.1, 0.15) is 12.4 Å². The molecule has 158 valence electrons. The van der Waals surface area contributed by atoms with Crippen molar-refractivity contribution in [3.63, 3.8) is 0 Å². The van der Waals surface area contributed by atoms with E-state index in [1.165, 1.54) is 16.3 Å². The monoisotopic (exact) mass is 406 g/mol. The Hall–Kier alpha value is -2.93. The van der Waals surface area contributed by atoms with Crippen LogP contribution in [0.1, 0.15) is 30.6 Å². The van der Waals surface area contributed by atoms with E-state index >= 15 is 0 Å². The summed E-state index contributed by atoms with van der Waals surface area (Å²) in [6, 6.07) is 15.4. The van der Waals surface area contributed by atoms with Crippen molar-refractivity contribution in [2.45, 2.75) is 45.4 Å². The van der Waals surface area contributed by atoms with Gasteiger partial charge in [-0.15, -0.1) is 0 Å². The average Bonchev–Trinajstić information content (AvgIpc) is 3.16. The molecule has 0 saturated heterocycles. The van der Waals surface area contributed by atoms with Gasteiger partial charge in [-0.3, -0.25) is 4.99 Å². The van der Waals surface area contributed by atoms with Gasteiger partial charge in [0.05, 0.1) is 6.54 Å². The summed E-state index contributed by atoms with van der Waals surface area (Å²) in [7, 11) is 1.67. The van der Waals surface area contributed by atoms with Gasteiger partial charge in [0, 0.05) is 32.7 Å². The van der Waals surface area contributed by atoms with E-state index in [9.17, 15) is 0 Å². The van der Waals surface area contributed by atoms with Crippen LogP contribution in [0.5, 0.6) is 0 Å². The maximum absolute atomic E-state index is 5.15. The normalized spacial score (nSPS) is 16.5. The van der Waals surface area contributed by atoms with Crippen molar-refractivity contribution in [1.82, 2.24) is 25.4 Å². The molecule has 4 rings (SSSR count). The molecule has 0 saturated carbocycles. The van der Waals surface area contributed by atoms with Gasteiger partial charge in [-0.05, 0) is 36.1 Å². The predicted octanol–water partition coefficient (Wildman–Crippen LogP) is 2.69. The van der Waals surface area contributed by atoms with Crippen LogP contribution in [-0.2, 0) is 30.7 Å². The van der Waals surface area contributed by atoms with Crippen molar-refractivity contribution in [2.24, 2.45) is 4.99 Å². The quantitative estimate of drug-likeness (QED) is 0.466. The Balaban J connectivity index is 1.36. The highest BCUT2D eigenvalue weighted by Gasteiger charge is 2.22. The predicted molar refractivity (Wildman–Crippen MR) is 120 cm³/mol. The van der Waals surface area contributed by atoms with Gasteiger partial charge in [0.2, 0.25) is 0 Å². The second kappa shape index (κ2) is 9.71. The summed E-state index contributed by atoms with van der Waals surface area (Å²) in [4.78, 5) is 9.35. The van der Waals surface area contributed by atoms with Crippen LogP contribution < -0.4 is 10.6 Å². The molecular formula is C23H30N6O. The van der Waals surface area contributed by atoms with Gasteiger partial charge < -0.3 is 15.4 Å². The molecule has 30 heavy (non-hydrogen) atoms. The molecule has 0 aliphatic carbocycles. The fourth-order valence-electron chi connectivity index (χ4n) is 3.87. The summed E-state index contributed by atoms with van der Waals surface area (Å²) in [5.41, 5.74) is 1.31. The first-order chi connectivity index (χ1) is 14.7. The standard InChI is InChI=1S/C23H30N6O/c1-3-24-23(25-13-12-17-8-9-18-6-4-5-7-19(18)14-17)26-20-10-11-22-27-21(16-30-2)28-29(22)15-20/h4-9,14,20H,3,10-13,15-16H2,1-2H3,(H2,24,25,26). The number of ether oxygens (including phenoxy) is 1. The number of hydrogen-bond donors (Lipinski definition) is 2. The zero-order valence-electron chi connectivity index (χ0n) is 17.8. The van der Waals surface area contributed by atoms with E-state index in [-0.39, 0.29) is 6.04 Å². The third-order valence-corrected chi connectivity index (χ3v) is 5.34. The summed E-state index contributed by atoms with van der Waals surface area (Å²) in [5.74, 6) is 2.66. The number of guanidine groups is 1. The van der Waals surface area contributed by atoms with E-state index in [1.807, 2.05) is 4.68 Å². The molecule has 7 nitrogen and oxygen atoms in total. The molecule has 0 fully saturated rings. The third-order valence-electron chi connectivity index (χ3n) is 5.34. The van der Waals surface area contributed by atoms with Crippen molar-refractivity contribution in [3.8, 4) is 0 Å². The lowest BCUT2D eigenvalue weighted by Crippen LogP contribution is -2.47. The van der Waals surface area contributed by atoms with E-state index in [4.69, 9.17) is 9.73 Å². The van der Waals surface area contributed by atoms with Crippen LogP contribution in [0.25, 0.3) is 10.8 Å². The van der Waals surface area contributed by atoms with Crippen molar-refractivity contribution in [2.75, 3.05) is 20.2 Å². The zero-order valence-corrected chi connectivity index (χ0v) is 17.8. The molecule has 2 aromatic carbocycles.